The summed E-state index contributed by atoms with van der Waals surface area (Å²) in [5.74, 6) is -1.09. The summed E-state index contributed by atoms with van der Waals surface area (Å²) < 4.78 is 79.5. The molecule has 0 heterocycles. The van der Waals surface area contributed by atoms with Crippen LogP contribution < -0.4 is 4.72 Å². The van der Waals surface area contributed by atoms with E-state index in [1.807, 2.05) is 0 Å². The van der Waals surface area contributed by atoms with Gasteiger partial charge in [-0.2, -0.15) is 13.2 Å². The number of hydrogen-bond acceptors (Lipinski definition) is 3. The molecule has 0 saturated heterocycles. The van der Waals surface area contributed by atoms with E-state index in [4.69, 9.17) is 0 Å². The van der Waals surface area contributed by atoms with Crippen LogP contribution in [0.2, 0.25) is 0 Å². The fraction of sp³-hybridized carbons (Fsp3) is 0.300. The first-order valence-electron chi connectivity index (χ1n) is 8.73. The second-order valence-corrected chi connectivity index (χ2v) is 8.72. The lowest BCUT2D eigenvalue weighted by atomic mass is 10.0. The first-order valence-corrected chi connectivity index (χ1v) is 10.9. The van der Waals surface area contributed by atoms with E-state index in [2.05, 4.69) is 11.3 Å². The zero-order valence-corrected chi connectivity index (χ0v) is 17.0. The molecule has 0 spiro atoms. The minimum Gasteiger partial charge on any atom is -0.254 e. The SMILES string of the molecule is C=Cc1ccc(S(=O)CCC(CCc2cc(F)ccc2F)NSC(F)(F)F)cc1. The van der Waals surface area contributed by atoms with Gasteiger partial charge in [0.1, 0.15) is 11.6 Å². The van der Waals surface area contributed by atoms with Crippen LogP contribution in [0.1, 0.15) is 24.0 Å². The van der Waals surface area contributed by atoms with Crippen molar-refractivity contribution in [1.29, 1.82) is 0 Å². The highest BCUT2D eigenvalue weighted by atomic mass is 32.2. The summed E-state index contributed by atoms with van der Waals surface area (Å²) in [5.41, 5.74) is -3.53. The molecule has 0 fully saturated rings. The number of aryl methyl sites for hydroxylation is 1. The quantitative estimate of drug-likeness (QED) is 0.364. The summed E-state index contributed by atoms with van der Waals surface area (Å²) in [5, 5.41) is 0. The van der Waals surface area contributed by atoms with E-state index in [-0.39, 0.29) is 30.6 Å². The van der Waals surface area contributed by atoms with Gasteiger partial charge >= 0.3 is 5.51 Å². The highest BCUT2D eigenvalue weighted by Crippen LogP contribution is 2.29. The molecule has 0 aliphatic carbocycles. The minimum atomic E-state index is -4.48. The number of halogens is 5. The topological polar surface area (TPSA) is 29.1 Å². The third-order valence-electron chi connectivity index (χ3n) is 4.14. The Kier molecular flexibility index (Phi) is 8.85. The maximum Gasteiger partial charge on any atom is 0.456 e. The van der Waals surface area contributed by atoms with Crippen molar-refractivity contribution < 1.29 is 26.2 Å². The average Bonchev–Trinajstić information content (AvgIpc) is 2.68. The molecule has 0 bridgehead atoms. The molecule has 2 atom stereocenters. The van der Waals surface area contributed by atoms with Gasteiger partial charge in [0.25, 0.3) is 0 Å². The third-order valence-corrected chi connectivity index (χ3v) is 6.23. The summed E-state index contributed by atoms with van der Waals surface area (Å²) >= 11 is -0.391. The van der Waals surface area contributed by atoms with Gasteiger partial charge < -0.3 is 0 Å². The van der Waals surface area contributed by atoms with Crippen molar-refractivity contribution in [2.75, 3.05) is 5.75 Å². The Morgan fingerprint density at radius 3 is 2.41 bits per heavy atom. The Morgan fingerprint density at radius 2 is 1.79 bits per heavy atom. The van der Waals surface area contributed by atoms with Crippen molar-refractivity contribution in [2.24, 2.45) is 0 Å². The first kappa shape index (κ1) is 23.6. The molecule has 0 amide bonds. The monoisotopic (exact) mass is 449 g/mol. The molecule has 0 aromatic heterocycles. The Balaban J connectivity index is 1.99. The number of benzene rings is 2. The second-order valence-electron chi connectivity index (χ2n) is 6.25. The summed E-state index contributed by atoms with van der Waals surface area (Å²) in [6, 6.07) is 9.19. The number of alkyl halides is 3. The Bertz CT molecular complexity index is 840. The number of nitrogens with one attached hydrogen (secondary N) is 1. The highest BCUT2D eigenvalue weighted by molar-refractivity contribution is 7.98. The lowest BCUT2D eigenvalue weighted by Crippen LogP contribution is -2.29. The smallest absolute Gasteiger partial charge is 0.254 e. The molecule has 0 aliphatic rings. The summed E-state index contributed by atoms with van der Waals surface area (Å²) in [4.78, 5) is 0.564. The normalized spacial score (nSPS) is 13.8. The van der Waals surface area contributed by atoms with E-state index in [0.29, 0.717) is 4.90 Å². The molecule has 158 valence electrons. The van der Waals surface area contributed by atoms with E-state index in [1.165, 1.54) is 0 Å². The largest absolute Gasteiger partial charge is 0.456 e. The van der Waals surface area contributed by atoms with Gasteiger partial charge in [0.05, 0.1) is 10.8 Å². The molecule has 0 saturated carbocycles. The Morgan fingerprint density at radius 1 is 1.10 bits per heavy atom. The number of hydrogen-bond donors (Lipinski definition) is 1. The zero-order chi connectivity index (χ0) is 21.4. The predicted octanol–water partition coefficient (Wildman–Crippen LogP) is 5.86. The predicted molar refractivity (Wildman–Crippen MR) is 108 cm³/mol. The van der Waals surface area contributed by atoms with Crippen LogP contribution in [0.4, 0.5) is 22.0 Å². The first-order chi connectivity index (χ1) is 13.7. The summed E-state index contributed by atoms with van der Waals surface area (Å²) in [6.45, 7) is 3.63. The molecule has 2 unspecified atom stereocenters. The molecule has 1 N–H and O–H groups in total. The van der Waals surface area contributed by atoms with Crippen molar-refractivity contribution in [2.45, 2.75) is 35.7 Å². The van der Waals surface area contributed by atoms with Crippen LogP contribution in [0.3, 0.4) is 0 Å². The second kappa shape index (κ2) is 10.9. The molecule has 2 rings (SSSR count). The standard InChI is InChI=1S/C20H20F5NOS2/c1-2-14-3-8-18(9-4-14)29(27)12-11-17(26-28-20(23,24)25)7-5-15-13-16(21)6-10-19(15)22/h2-4,6,8-10,13,17,26H,1,5,7,11-12H2. The molecule has 9 heteroatoms. The zero-order valence-electron chi connectivity index (χ0n) is 15.3. The number of rotatable bonds is 10. The van der Waals surface area contributed by atoms with Crippen LogP contribution in [0.15, 0.2) is 53.9 Å². The Labute approximate surface area is 173 Å². The van der Waals surface area contributed by atoms with E-state index in [0.717, 1.165) is 23.8 Å². The van der Waals surface area contributed by atoms with Crippen LogP contribution in [0.25, 0.3) is 6.08 Å². The summed E-state index contributed by atoms with van der Waals surface area (Å²) in [7, 11) is -1.39. The molecular weight excluding hydrogens is 429 g/mol. The minimum absolute atomic E-state index is 0.0559. The van der Waals surface area contributed by atoms with Crippen molar-refractivity contribution in [3.63, 3.8) is 0 Å². The van der Waals surface area contributed by atoms with Crippen LogP contribution >= 0.6 is 11.9 Å². The van der Waals surface area contributed by atoms with Crippen molar-refractivity contribution >= 4 is 28.8 Å². The molecule has 2 aromatic carbocycles. The average molecular weight is 450 g/mol. The van der Waals surface area contributed by atoms with Gasteiger partial charge in [-0.3, -0.25) is 8.93 Å². The van der Waals surface area contributed by atoms with Crippen LogP contribution in [-0.4, -0.2) is 21.5 Å². The molecule has 0 aliphatic heterocycles. The van der Waals surface area contributed by atoms with Gasteiger partial charge in [0.15, 0.2) is 0 Å². The molecule has 29 heavy (non-hydrogen) atoms. The van der Waals surface area contributed by atoms with Crippen LogP contribution in [0, 0.1) is 11.6 Å². The molecular formula is C20H20F5NOS2. The van der Waals surface area contributed by atoms with E-state index < -0.39 is 45.9 Å². The molecule has 0 radical (unpaired) electrons. The van der Waals surface area contributed by atoms with Gasteiger partial charge in [-0.15, -0.1) is 0 Å². The van der Waals surface area contributed by atoms with Crippen molar-refractivity contribution in [3.05, 3.63) is 71.8 Å². The lowest BCUT2D eigenvalue weighted by molar-refractivity contribution is -0.0338. The van der Waals surface area contributed by atoms with Crippen LogP contribution in [-0.2, 0) is 17.2 Å². The summed E-state index contributed by atoms with van der Waals surface area (Å²) in [6.07, 6.45) is 2.01. The molecule has 2 aromatic rings. The van der Waals surface area contributed by atoms with Gasteiger partial charge in [0.2, 0.25) is 0 Å². The van der Waals surface area contributed by atoms with Gasteiger partial charge in [-0.25, -0.2) is 8.78 Å². The van der Waals surface area contributed by atoms with Gasteiger partial charge in [-0.1, -0.05) is 24.8 Å². The van der Waals surface area contributed by atoms with Gasteiger partial charge in [-0.05, 0) is 60.7 Å². The van der Waals surface area contributed by atoms with E-state index in [1.54, 1.807) is 30.3 Å². The third kappa shape index (κ3) is 8.28. The fourth-order valence-electron chi connectivity index (χ4n) is 2.60. The van der Waals surface area contributed by atoms with Gasteiger partial charge in [0, 0.05) is 28.6 Å². The lowest BCUT2D eigenvalue weighted by Gasteiger charge is -2.19. The Hall–Kier alpha value is -1.71. The maximum absolute atomic E-state index is 13.8. The van der Waals surface area contributed by atoms with E-state index >= 15 is 0 Å². The fourth-order valence-corrected chi connectivity index (χ4v) is 4.31. The van der Waals surface area contributed by atoms with Crippen LogP contribution in [0.5, 0.6) is 0 Å². The maximum atomic E-state index is 13.8. The van der Waals surface area contributed by atoms with Crippen molar-refractivity contribution in [1.82, 2.24) is 4.72 Å². The van der Waals surface area contributed by atoms with Crippen molar-refractivity contribution in [3.8, 4) is 0 Å². The highest BCUT2D eigenvalue weighted by Gasteiger charge is 2.30. The van der Waals surface area contributed by atoms with E-state index in [9.17, 15) is 26.2 Å². The molecule has 2 nitrogen and oxygen atoms in total.